The van der Waals surface area contributed by atoms with Crippen molar-refractivity contribution in [3.05, 3.63) is 59.7 Å². The van der Waals surface area contributed by atoms with Gasteiger partial charge in [-0.3, -0.25) is 14.6 Å². The van der Waals surface area contributed by atoms with Gasteiger partial charge in [0.2, 0.25) is 5.91 Å². The molecule has 0 saturated carbocycles. The van der Waals surface area contributed by atoms with Crippen molar-refractivity contribution in [3.8, 4) is 6.07 Å². The predicted octanol–water partition coefficient (Wildman–Crippen LogP) is 2.71. The van der Waals surface area contributed by atoms with Crippen LogP contribution in [0.1, 0.15) is 28.8 Å². The van der Waals surface area contributed by atoms with Crippen LogP contribution in [0.5, 0.6) is 0 Å². The number of nitriles is 1. The Morgan fingerprint density at radius 3 is 2.71 bits per heavy atom. The molecule has 0 aliphatic carbocycles. The summed E-state index contributed by atoms with van der Waals surface area (Å²) in [4.78, 5) is 30.0. The van der Waals surface area contributed by atoms with Crippen LogP contribution >= 0.6 is 0 Å². The minimum Gasteiger partial charge on any atom is -0.379 e. The number of alkyl halides is 2. The molecule has 3 rings (SSSR count). The molecule has 0 spiro atoms. The molecule has 10 heteroatoms. The number of piperidine rings is 1. The maximum absolute atomic E-state index is 13.5. The molecule has 7 nitrogen and oxygen atoms in total. The third-order valence-electron chi connectivity index (χ3n) is 4.92. The smallest absolute Gasteiger partial charge is 0.253 e. The number of anilines is 1. The molecule has 1 aromatic heterocycles. The second kappa shape index (κ2) is 9.47. The van der Waals surface area contributed by atoms with Gasteiger partial charge in [-0.2, -0.15) is 5.26 Å². The van der Waals surface area contributed by atoms with Gasteiger partial charge in [-0.05, 0) is 23.8 Å². The molecule has 1 aliphatic heterocycles. The second-order valence-corrected chi connectivity index (χ2v) is 7.13. The van der Waals surface area contributed by atoms with E-state index in [4.69, 9.17) is 5.26 Å². The highest BCUT2D eigenvalue weighted by Gasteiger charge is 2.42. The summed E-state index contributed by atoms with van der Waals surface area (Å²) in [6, 6.07) is 7.81. The fourth-order valence-electron chi connectivity index (χ4n) is 3.23. The summed E-state index contributed by atoms with van der Waals surface area (Å²) in [6.07, 6.45) is 1.62. The number of carbonyl (C=O) groups is 2. The molecule has 1 aromatic carbocycles. The van der Waals surface area contributed by atoms with Crippen LogP contribution in [0.2, 0.25) is 0 Å². The zero-order valence-corrected chi connectivity index (χ0v) is 16.4. The van der Waals surface area contributed by atoms with Crippen LogP contribution in [0.15, 0.2) is 42.7 Å². The molecule has 1 unspecified atom stereocenters. The zero-order valence-electron chi connectivity index (χ0n) is 16.4. The lowest BCUT2D eigenvalue weighted by molar-refractivity contribution is -0.139. The summed E-state index contributed by atoms with van der Waals surface area (Å²) in [5.74, 6) is -4.51. The van der Waals surface area contributed by atoms with Gasteiger partial charge in [0.15, 0.2) is 0 Å². The van der Waals surface area contributed by atoms with Gasteiger partial charge in [0.1, 0.15) is 11.9 Å². The third-order valence-corrected chi connectivity index (χ3v) is 4.92. The van der Waals surface area contributed by atoms with Crippen LogP contribution < -0.4 is 10.6 Å². The van der Waals surface area contributed by atoms with E-state index in [1.165, 1.54) is 30.6 Å². The molecule has 1 saturated heterocycles. The highest BCUT2D eigenvalue weighted by molar-refractivity contribution is 6.00. The van der Waals surface area contributed by atoms with Crippen molar-refractivity contribution in [3.63, 3.8) is 0 Å². The van der Waals surface area contributed by atoms with E-state index >= 15 is 0 Å². The number of carbonyl (C=O) groups excluding carboxylic acids is 2. The van der Waals surface area contributed by atoms with Crippen LogP contribution in [0.25, 0.3) is 0 Å². The first-order valence-corrected chi connectivity index (χ1v) is 9.56. The number of benzene rings is 1. The van der Waals surface area contributed by atoms with Crippen LogP contribution in [0, 0.1) is 17.1 Å². The topological polar surface area (TPSA) is 98.1 Å². The Morgan fingerprint density at radius 1 is 1.26 bits per heavy atom. The van der Waals surface area contributed by atoms with E-state index in [9.17, 15) is 22.8 Å². The third kappa shape index (κ3) is 5.72. The normalized spacial score (nSPS) is 17.5. The van der Waals surface area contributed by atoms with Crippen LogP contribution in [-0.2, 0) is 11.3 Å². The van der Waals surface area contributed by atoms with Crippen LogP contribution in [0.3, 0.4) is 0 Å². The van der Waals surface area contributed by atoms with E-state index < -0.39 is 43.2 Å². The first-order chi connectivity index (χ1) is 14.8. The quantitative estimate of drug-likeness (QED) is 0.733. The number of hydrogen-bond acceptors (Lipinski definition) is 5. The van der Waals surface area contributed by atoms with E-state index in [1.807, 2.05) is 0 Å². The first-order valence-electron chi connectivity index (χ1n) is 9.56. The molecule has 0 bridgehead atoms. The number of hydrogen-bond donors (Lipinski definition) is 2. The van der Waals surface area contributed by atoms with Crippen molar-refractivity contribution in [2.24, 2.45) is 0 Å². The number of amides is 2. The molecule has 2 N–H and O–H groups in total. The summed E-state index contributed by atoms with van der Waals surface area (Å²) >= 11 is 0. The molecular weight excluding hydrogens is 411 g/mol. The van der Waals surface area contributed by atoms with Crippen molar-refractivity contribution in [1.29, 1.82) is 5.26 Å². The maximum Gasteiger partial charge on any atom is 0.253 e. The summed E-state index contributed by atoms with van der Waals surface area (Å²) < 4.78 is 40.0. The fraction of sp³-hybridized carbons (Fsp3) is 0.333. The fourth-order valence-corrected chi connectivity index (χ4v) is 3.23. The lowest BCUT2D eigenvalue weighted by Gasteiger charge is -2.35. The van der Waals surface area contributed by atoms with Crippen molar-refractivity contribution < 1.29 is 22.8 Å². The lowest BCUT2D eigenvalue weighted by Crippen LogP contribution is -2.51. The molecule has 0 radical (unpaired) electrons. The number of halogens is 3. The van der Waals surface area contributed by atoms with Gasteiger partial charge in [-0.15, -0.1) is 0 Å². The Kier molecular flexibility index (Phi) is 6.74. The number of rotatable bonds is 6. The standard InChI is InChI=1S/C21H20F3N5O2/c22-15-3-1-14(2-4-15)11-27-18-12-26-7-5-17(18)20(31)28-13-19(30)29-8-6-21(23,24)9-16(29)10-25/h1-5,7,12,16,27H,6,8-9,11,13H2,(H,28,31). The monoisotopic (exact) mass is 431 g/mol. The predicted molar refractivity (Wildman–Crippen MR) is 106 cm³/mol. The molecule has 2 heterocycles. The van der Waals surface area contributed by atoms with Gasteiger partial charge in [0.25, 0.3) is 11.8 Å². The van der Waals surface area contributed by atoms with Gasteiger partial charge < -0.3 is 15.5 Å². The minimum atomic E-state index is -2.98. The molecule has 162 valence electrons. The number of pyridine rings is 1. The van der Waals surface area contributed by atoms with Gasteiger partial charge in [0, 0.05) is 32.1 Å². The summed E-state index contributed by atoms with van der Waals surface area (Å²) in [6.45, 7) is -0.362. The second-order valence-electron chi connectivity index (χ2n) is 7.13. The number of nitrogens with one attached hydrogen (secondary N) is 2. The largest absolute Gasteiger partial charge is 0.379 e. The SMILES string of the molecule is N#CC1CC(F)(F)CCN1C(=O)CNC(=O)c1ccncc1NCc1ccc(F)cc1. The average molecular weight is 431 g/mol. The zero-order chi connectivity index (χ0) is 22.4. The maximum atomic E-state index is 13.5. The Bertz CT molecular complexity index is 991. The van der Waals surface area contributed by atoms with Crippen molar-refractivity contribution in [2.45, 2.75) is 31.4 Å². The van der Waals surface area contributed by atoms with Crippen molar-refractivity contribution in [1.82, 2.24) is 15.2 Å². The molecule has 2 aromatic rings. The highest BCUT2D eigenvalue weighted by Crippen LogP contribution is 2.31. The Hall–Kier alpha value is -3.61. The highest BCUT2D eigenvalue weighted by atomic mass is 19.3. The molecular formula is C21H20F3N5O2. The van der Waals surface area contributed by atoms with E-state index in [0.717, 1.165) is 10.5 Å². The van der Waals surface area contributed by atoms with E-state index in [1.54, 1.807) is 18.2 Å². The van der Waals surface area contributed by atoms with Gasteiger partial charge in [-0.25, -0.2) is 13.2 Å². The number of likely N-dealkylation sites (tertiary alicyclic amines) is 1. The van der Waals surface area contributed by atoms with Gasteiger partial charge in [0.05, 0.1) is 30.1 Å². The van der Waals surface area contributed by atoms with Crippen LogP contribution in [0.4, 0.5) is 18.9 Å². The Labute approximate surface area is 176 Å². The Morgan fingerprint density at radius 2 is 2.00 bits per heavy atom. The number of aromatic nitrogens is 1. The number of nitrogens with zero attached hydrogens (tertiary/aromatic N) is 3. The molecule has 31 heavy (non-hydrogen) atoms. The first kappa shape index (κ1) is 22.1. The van der Waals surface area contributed by atoms with E-state index in [2.05, 4.69) is 15.6 Å². The van der Waals surface area contributed by atoms with Crippen molar-refractivity contribution in [2.75, 3.05) is 18.4 Å². The average Bonchev–Trinajstić information content (AvgIpc) is 2.76. The lowest BCUT2D eigenvalue weighted by atomic mass is 9.99. The molecule has 1 atom stereocenters. The molecule has 1 aliphatic rings. The van der Waals surface area contributed by atoms with Gasteiger partial charge in [-0.1, -0.05) is 12.1 Å². The summed E-state index contributed by atoms with van der Waals surface area (Å²) in [5, 5.41) is 14.6. The molecule has 1 fully saturated rings. The van der Waals surface area contributed by atoms with Crippen LogP contribution in [-0.4, -0.2) is 46.8 Å². The van der Waals surface area contributed by atoms with Gasteiger partial charge >= 0.3 is 0 Å². The van der Waals surface area contributed by atoms with Crippen molar-refractivity contribution >= 4 is 17.5 Å². The van der Waals surface area contributed by atoms with E-state index in [0.29, 0.717) is 12.2 Å². The minimum absolute atomic E-state index is 0.229. The Balaban J connectivity index is 1.60. The summed E-state index contributed by atoms with van der Waals surface area (Å²) in [7, 11) is 0. The summed E-state index contributed by atoms with van der Waals surface area (Å²) in [5.41, 5.74) is 1.42. The molecule has 2 amide bonds. The van der Waals surface area contributed by atoms with E-state index in [-0.39, 0.29) is 17.9 Å².